The summed E-state index contributed by atoms with van der Waals surface area (Å²) in [6, 6.07) is 9.44. The Morgan fingerprint density at radius 2 is 2.20 bits per heavy atom. The molecule has 0 saturated heterocycles. The van der Waals surface area contributed by atoms with Crippen LogP contribution in [0.5, 0.6) is 5.75 Å². The largest absolute Gasteiger partial charge is 0.487 e. The van der Waals surface area contributed by atoms with Crippen molar-refractivity contribution in [3.63, 3.8) is 0 Å². The van der Waals surface area contributed by atoms with Gasteiger partial charge in [0.15, 0.2) is 0 Å². The zero-order chi connectivity index (χ0) is 13.8. The Bertz CT molecular complexity index is 570. The molecule has 1 N–H and O–H groups in total. The number of ether oxygens (including phenoxy) is 1. The number of rotatable bonds is 6. The van der Waals surface area contributed by atoms with Crippen molar-refractivity contribution < 1.29 is 9.13 Å². The van der Waals surface area contributed by atoms with Crippen molar-refractivity contribution in [1.29, 1.82) is 0 Å². The Morgan fingerprint density at radius 1 is 1.30 bits per heavy atom. The van der Waals surface area contributed by atoms with Crippen LogP contribution in [0.4, 0.5) is 4.39 Å². The minimum absolute atomic E-state index is 0.217. The lowest BCUT2D eigenvalue weighted by atomic mass is 10.1. The minimum atomic E-state index is -0.232. The quantitative estimate of drug-likeness (QED) is 0.877. The molecule has 20 heavy (non-hydrogen) atoms. The summed E-state index contributed by atoms with van der Waals surface area (Å²) in [5.74, 6) is 0.414. The maximum absolute atomic E-state index is 13.8. The standard InChI is InChI=1S/C16H17FN2O/c17-16-6-3-12(9-19-14-4-5-14)8-13(16)11-20-15-2-1-7-18-10-15/h1-3,6-8,10,14,19H,4-5,9,11H2. The van der Waals surface area contributed by atoms with E-state index in [0.29, 0.717) is 17.4 Å². The van der Waals surface area contributed by atoms with Gasteiger partial charge in [-0.1, -0.05) is 6.07 Å². The fourth-order valence-corrected chi connectivity index (χ4v) is 1.99. The smallest absolute Gasteiger partial charge is 0.138 e. The van der Waals surface area contributed by atoms with E-state index in [-0.39, 0.29) is 12.4 Å². The maximum Gasteiger partial charge on any atom is 0.138 e. The number of benzene rings is 1. The first-order valence-electron chi connectivity index (χ1n) is 6.85. The SMILES string of the molecule is Fc1ccc(CNC2CC2)cc1COc1cccnc1. The molecule has 3 nitrogen and oxygen atoms in total. The molecule has 1 aromatic carbocycles. The maximum atomic E-state index is 13.8. The number of halogens is 1. The van der Waals surface area contributed by atoms with E-state index in [1.807, 2.05) is 18.2 Å². The highest BCUT2D eigenvalue weighted by Crippen LogP contribution is 2.20. The average Bonchev–Trinajstić information content (AvgIpc) is 3.30. The molecule has 0 bridgehead atoms. The molecule has 1 fully saturated rings. The number of nitrogens with zero attached hydrogens (tertiary/aromatic N) is 1. The van der Waals surface area contributed by atoms with Crippen LogP contribution in [0.15, 0.2) is 42.7 Å². The number of pyridine rings is 1. The Balaban J connectivity index is 1.63. The van der Waals surface area contributed by atoms with Crippen LogP contribution in [0.25, 0.3) is 0 Å². The number of nitrogens with one attached hydrogen (secondary N) is 1. The van der Waals surface area contributed by atoms with Crippen LogP contribution in [0.1, 0.15) is 24.0 Å². The van der Waals surface area contributed by atoms with Gasteiger partial charge in [0.25, 0.3) is 0 Å². The third kappa shape index (κ3) is 3.54. The molecule has 0 spiro atoms. The van der Waals surface area contributed by atoms with Gasteiger partial charge < -0.3 is 10.1 Å². The van der Waals surface area contributed by atoms with Gasteiger partial charge in [-0.05, 0) is 42.7 Å². The van der Waals surface area contributed by atoms with E-state index in [1.165, 1.54) is 18.9 Å². The Kier molecular flexibility index (Phi) is 3.92. The summed E-state index contributed by atoms with van der Waals surface area (Å²) in [6.07, 6.45) is 5.80. The van der Waals surface area contributed by atoms with E-state index < -0.39 is 0 Å². The van der Waals surface area contributed by atoms with Crippen molar-refractivity contribution in [2.24, 2.45) is 0 Å². The lowest BCUT2D eigenvalue weighted by Gasteiger charge is -2.09. The Labute approximate surface area is 117 Å². The van der Waals surface area contributed by atoms with E-state index >= 15 is 0 Å². The second kappa shape index (κ2) is 6.01. The summed E-state index contributed by atoms with van der Waals surface area (Å²) >= 11 is 0. The molecule has 0 unspecified atom stereocenters. The van der Waals surface area contributed by atoms with Crippen molar-refractivity contribution in [2.75, 3.05) is 0 Å². The van der Waals surface area contributed by atoms with Gasteiger partial charge in [-0.15, -0.1) is 0 Å². The highest BCUT2D eigenvalue weighted by atomic mass is 19.1. The van der Waals surface area contributed by atoms with Gasteiger partial charge in [0.05, 0.1) is 6.20 Å². The molecule has 0 atom stereocenters. The van der Waals surface area contributed by atoms with Crippen LogP contribution in [0, 0.1) is 5.82 Å². The van der Waals surface area contributed by atoms with E-state index in [4.69, 9.17) is 4.74 Å². The molecule has 4 heteroatoms. The zero-order valence-electron chi connectivity index (χ0n) is 11.2. The summed E-state index contributed by atoms with van der Waals surface area (Å²) < 4.78 is 19.3. The van der Waals surface area contributed by atoms with Gasteiger partial charge in [0.1, 0.15) is 18.2 Å². The van der Waals surface area contributed by atoms with E-state index in [1.54, 1.807) is 18.5 Å². The Morgan fingerprint density at radius 3 is 2.95 bits per heavy atom. The zero-order valence-corrected chi connectivity index (χ0v) is 11.2. The summed E-state index contributed by atoms with van der Waals surface area (Å²) in [6.45, 7) is 1.000. The van der Waals surface area contributed by atoms with E-state index in [0.717, 1.165) is 12.1 Å². The van der Waals surface area contributed by atoms with Crippen LogP contribution in [-0.2, 0) is 13.2 Å². The van der Waals surface area contributed by atoms with Crippen LogP contribution in [0.2, 0.25) is 0 Å². The minimum Gasteiger partial charge on any atom is -0.487 e. The third-order valence-electron chi connectivity index (χ3n) is 3.31. The second-order valence-corrected chi connectivity index (χ2v) is 5.06. The predicted molar refractivity (Wildman–Crippen MR) is 74.8 cm³/mol. The molecule has 2 aromatic rings. The molecular weight excluding hydrogens is 255 g/mol. The van der Waals surface area contributed by atoms with Gasteiger partial charge >= 0.3 is 0 Å². The van der Waals surface area contributed by atoms with Crippen LogP contribution >= 0.6 is 0 Å². The predicted octanol–water partition coefficient (Wildman–Crippen LogP) is 3.05. The van der Waals surface area contributed by atoms with Crippen molar-refractivity contribution in [1.82, 2.24) is 10.3 Å². The number of hydrogen-bond donors (Lipinski definition) is 1. The summed E-state index contributed by atoms with van der Waals surface area (Å²) in [7, 11) is 0. The summed E-state index contributed by atoms with van der Waals surface area (Å²) in [5.41, 5.74) is 1.66. The summed E-state index contributed by atoms with van der Waals surface area (Å²) in [4.78, 5) is 3.96. The van der Waals surface area contributed by atoms with Crippen molar-refractivity contribution >= 4 is 0 Å². The van der Waals surface area contributed by atoms with Gasteiger partial charge in [-0.2, -0.15) is 0 Å². The normalized spacial score (nSPS) is 14.2. The monoisotopic (exact) mass is 272 g/mol. The fourth-order valence-electron chi connectivity index (χ4n) is 1.99. The molecule has 0 aliphatic heterocycles. The molecule has 0 amide bonds. The van der Waals surface area contributed by atoms with Crippen LogP contribution in [-0.4, -0.2) is 11.0 Å². The molecule has 1 aliphatic carbocycles. The van der Waals surface area contributed by atoms with Crippen molar-refractivity contribution in [3.8, 4) is 5.75 Å². The first kappa shape index (κ1) is 13.1. The lowest BCUT2D eigenvalue weighted by molar-refractivity contribution is 0.298. The highest BCUT2D eigenvalue weighted by Gasteiger charge is 2.20. The fraction of sp³-hybridized carbons (Fsp3) is 0.312. The van der Waals surface area contributed by atoms with Crippen LogP contribution < -0.4 is 10.1 Å². The number of aromatic nitrogens is 1. The van der Waals surface area contributed by atoms with Crippen molar-refractivity contribution in [3.05, 3.63) is 59.7 Å². The number of hydrogen-bond acceptors (Lipinski definition) is 3. The second-order valence-electron chi connectivity index (χ2n) is 5.06. The third-order valence-corrected chi connectivity index (χ3v) is 3.31. The molecule has 104 valence electrons. The van der Waals surface area contributed by atoms with Gasteiger partial charge in [0, 0.05) is 24.3 Å². The van der Waals surface area contributed by atoms with E-state index in [9.17, 15) is 4.39 Å². The summed E-state index contributed by atoms with van der Waals surface area (Å²) in [5, 5.41) is 3.42. The first-order valence-corrected chi connectivity index (χ1v) is 6.85. The molecule has 1 saturated carbocycles. The molecule has 1 aliphatic rings. The van der Waals surface area contributed by atoms with E-state index in [2.05, 4.69) is 10.3 Å². The molecule has 1 aromatic heterocycles. The van der Waals surface area contributed by atoms with Crippen LogP contribution in [0.3, 0.4) is 0 Å². The van der Waals surface area contributed by atoms with Crippen molar-refractivity contribution in [2.45, 2.75) is 32.0 Å². The Hall–Kier alpha value is -1.94. The molecule has 3 rings (SSSR count). The lowest BCUT2D eigenvalue weighted by Crippen LogP contribution is -2.15. The van der Waals surface area contributed by atoms with Gasteiger partial charge in [0.2, 0.25) is 0 Å². The molecule has 1 heterocycles. The topological polar surface area (TPSA) is 34.1 Å². The highest BCUT2D eigenvalue weighted by molar-refractivity contribution is 5.26. The average molecular weight is 272 g/mol. The first-order chi connectivity index (χ1) is 9.81. The molecular formula is C16H17FN2O. The van der Waals surface area contributed by atoms with Gasteiger partial charge in [-0.3, -0.25) is 4.98 Å². The molecule has 0 radical (unpaired) electrons. The van der Waals surface area contributed by atoms with Gasteiger partial charge in [-0.25, -0.2) is 4.39 Å².